The Hall–Kier alpha value is -3.21. The van der Waals surface area contributed by atoms with Gasteiger partial charge in [0.05, 0.1) is 5.69 Å². The number of amides is 1. The van der Waals surface area contributed by atoms with Gasteiger partial charge in [0.25, 0.3) is 11.5 Å². The first-order valence-corrected chi connectivity index (χ1v) is 7.59. The highest BCUT2D eigenvalue weighted by atomic mass is 16.2. The molecule has 3 aromatic rings. The normalized spacial score (nSPS) is 10.4. The first-order valence-electron chi connectivity index (χ1n) is 7.59. The maximum absolute atomic E-state index is 12.5. The summed E-state index contributed by atoms with van der Waals surface area (Å²) in [6, 6.07) is 17.6. The van der Waals surface area contributed by atoms with Gasteiger partial charge in [-0.3, -0.25) is 9.59 Å². The lowest BCUT2D eigenvalue weighted by Gasteiger charge is -2.10. The Labute approximate surface area is 139 Å². The van der Waals surface area contributed by atoms with Crippen molar-refractivity contribution in [2.24, 2.45) is 0 Å². The van der Waals surface area contributed by atoms with E-state index in [0.717, 1.165) is 16.8 Å². The molecule has 0 atom stereocenters. The molecule has 3 rings (SSSR count). The molecule has 0 radical (unpaired) electrons. The van der Waals surface area contributed by atoms with Crippen molar-refractivity contribution in [1.82, 2.24) is 9.78 Å². The van der Waals surface area contributed by atoms with Gasteiger partial charge in [0.2, 0.25) is 0 Å². The largest absolute Gasteiger partial charge is 0.320 e. The number of benzene rings is 2. The number of hydrogen-bond donors (Lipinski definition) is 1. The predicted octanol–water partition coefficient (Wildman–Crippen LogP) is 3.10. The van der Waals surface area contributed by atoms with E-state index >= 15 is 0 Å². The second kappa shape index (κ2) is 6.50. The fourth-order valence-corrected chi connectivity index (χ4v) is 2.43. The molecule has 0 unspecified atom stereocenters. The third-order valence-electron chi connectivity index (χ3n) is 3.66. The van der Waals surface area contributed by atoms with Gasteiger partial charge in [-0.25, -0.2) is 0 Å². The number of rotatable bonds is 3. The van der Waals surface area contributed by atoms with Crippen LogP contribution in [0.15, 0.2) is 65.5 Å². The second-order valence-corrected chi connectivity index (χ2v) is 5.58. The van der Waals surface area contributed by atoms with E-state index in [1.165, 1.54) is 16.8 Å². The lowest BCUT2D eigenvalue weighted by atomic mass is 10.1. The van der Waals surface area contributed by atoms with E-state index in [9.17, 15) is 9.59 Å². The number of para-hydroxylation sites is 1. The fourth-order valence-electron chi connectivity index (χ4n) is 2.43. The minimum Gasteiger partial charge on any atom is -0.320 e. The van der Waals surface area contributed by atoms with Crippen molar-refractivity contribution in [3.05, 3.63) is 87.8 Å². The average Bonchev–Trinajstić information content (AvgIpc) is 2.58. The Morgan fingerprint density at radius 2 is 1.75 bits per heavy atom. The molecule has 0 saturated heterocycles. The first kappa shape index (κ1) is 15.7. The topological polar surface area (TPSA) is 64.0 Å². The molecule has 5 heteroatoms. The minimum atomic E-state index is -0.355. The van der Waals surface area contributed by atoms with E-state index in [0.29, 0.717) is 5.69 Å². The van der Waals surface area contributed by atoms with Crippen molar-refractivity contribution in [3.8, 4) is 5.69 Å². The number of aromatic nitrogens is 2. The third kappa shape index (κ3) is 3.25. The van der Waals surface area contributed by atoms with Gasteiger partial charge in [0, 0.05) is 11.8 Å². The third-order valence-corrected chi connectivity index (χ3v) is 3.66. The molecule has 1 N–H and O–H groups in total. The van der Waals surface area contributed by atoms with Crippen molar-refractivity contribution >= 4 is 11.6 Å². The van der Waals surface area contributed by atoms with E-state index in [2.05, 4.69) is 10.4 Å². The Bertz CT molecular complexity index is 946. The molecule has 5 nitrogen and oxygen atoms in total. The van der Waals surface area contributed by atoms with Gasteiger partial charge < -0.3 is 5.32 Å². The van der Waals surface area contributed by atoms with E-state index in [1.807, 2.05) is 50.2 Å². The maximum Gasteiger partial charge on any atom is 0.276 e. The van der Waals surface area contributed by atoms with Gasteiger partial charge in [-0.1, -0.05) is 35.9 Å². The van der Waals surface area contributed by atoms with Crippen LogP contribution in [-0.2, 0) is 0 Å². The van der Waals surface area contributed by atoms with Crippen LogP contribution < -0.4 is 10.9 Å². The van der Waals surface area contributed by atoms with Crippen LogP contribution >= 0.6 is 0 Å². The van der Waals surface area contributed by atoms with Gasteiger partial charge in [0.15, 0.2) is 0 Å². The van der Waals surface area contributed by atoms with Gasteiger partial charge in [-0.2, -0.15) is 9.78 Å². The Kier molecular flexibility index (Phi) is 4.24. The van der Waals surface area contributed by atoms with Crippen LogP contribution in [0.3, 0.4) is 0 Å². The Balaban J connectivity index is 1.92. The van der Waals surface area contributed by atoms with Crippen molar-refractivity contribution in [2.45, 2.75) is 13.8 Å². The summed E-state index contributed by atoms with van der Waals surface area (Å²) in [7, 11) is 0. The van der Waals surface area contributed by atoms with Gasteiger partial charge >= 0.3 is 0 Å². The molecule has 0 aliphatic heterocycles. The summed E-state index contributed by atoms with van der Waals surface area (Å²) in [6.45, 7) is 3.93. The van der Waals surface area contributed by atoms with Crippen LogP contribution in [0.5, 0.6) is 0 Å². The van der Waals surface area contributed by atoms with Gasteiger partial charge in [-0.05, 0) is 43.7 Å². The zero-order valence-electron chi connectivity index (χ0n) is 13.5. The molecule has 0 bridgehead atoms. The van der Waals surface area contributed by atoms with Crippen molar-refractivity contribution in [1.29, 1.82) is 0 Å². The van der Waals surface area contributed by atoms with Gasteiger partial charge in [-0.15, -0.1) is 0 Å². The number of nitrogens with zero attached hydrogens (tertiary/aromatic N) is 2. The zero-order valence-corrected chi connectivity index (χ0v) is 13.5. The number of anilines is 1. The van der Waals surface area contributed by atoms with Crippen molar-refractivity contribution in [2.75, 3.05) is 5.32 Å². The summed E-state index contributed by atoms with van der Waals surface area (Å²) in [6.07, 6.45) is 0. The number of carbonyl (C=O) groups excluding carboxylic acids is 1. The first-order chi connectivity index (χ1) is 11.5. The van der Waals surface area contributed by atoms with Crippen LogP contribution in [0.25, 0.3) is 5.69 Å². The minimum absolute atomic E-state index is 0.179. The van der Waals surface area contributed by atoms with E-state index < -0.39 is 0 Å². The summed E-state index contributed by atoms with van der Waals surface area (Å²) in [4.78, 5) is 24.5. The van der Waals surface area contributed by atoms with E-state index in [4.69, 9.17) is 0 Å². The molecule has 1 aromatic heterocycles. The molecule has 0 spiro atoms. The SMILES string of the molecule is Cc1ccc(NC(=O)c2ccc(=O)n(-c3ccccc3)n2)c(C)c1. The molecule has 0 saturated carbocycles. The van der Waals surface area contributed by atoms with Crippen LogP contribution in [-0.4, -0.2) is 15.7 Å². The molecule has 0 aliphatic rings. The van der Waals surface area contributed by atoms with Crippen molar-refractivity contribution < 1.29 is 4.79 Å². The number of aryl methyl sites for hydroxylation is 2. The molecule has 1 amide bonds. The quantitative estimate of drug-likeness (QED) is 0.807. The maximum atomic E-state index is 12.5. The lowest BCUT2D eigenvalue weighted by Crippen LogP contribution is -2.25. The Morgan fingerprint density at radius 3 is 2.46 bits per heavy atom. The fraction of sp³-hybridized carbons (Fsp3) is 0.105. The molecule has 0 fully saturated rings. The molecule has 1 heterocycles. The second-order valence-electron chi connectivity index (χ2n) is 5.58. The van der Waals surface area contributed by atoms with Crippen LogP contribution in [0.1, 0.15) is 21.6 Å². The number of carbonyl (C=O) groups is 1. The zero-order chi connectivity index (χ0) is 17.1. The number of nitrogens with one attached hydrogen (secondary N) is 1. The highest BCUT2D eigenvalue weighted by molar-refractivity contribution is 6.03. The highest BCUT2D eigenvalue weighted by Crippen LogP contribution is 2.16. The molecular formula is C19H17N3O2. The molecule has 2 aromatic carbocycles. The van der Waals surface area contributed by atoms with Crippen molar-refractivity contribution in [3.63, 3.8) is 0 Å². The predicted molar refractivity (Wildman–Crippen MR) is 93.7 cm³/mol. The molecular weight excluding hydrogens is 302 g/mol. The smallest absolute Gasteiger partial charge is 0.276 e. The molecule has 24 heavy (non-hydrogen) atoms. The van der Waals surface area contributed by atoms with Crippen LogP contribution in [0.2, 0.25) is 0 Å². The summed E-state index contributed by atoms with van der Waals surface area (Å²) in [5.41, 5.74) is 3.33. The lowest BCUT2D eigenvalue weighted by molar-refractivity contribution is 0.102. The average molecular weight is 319 g/mol. The highest BCUT2D eigenvalue weighted by Gasteiger charge is 2.12. The monoisotopic (exact) mass is 319 g/mol. The molecule has 120 valence electrons. The summed E-state index contributed by atoms with van der Waals surface area (Å²) in [5, 5.41) is 7.01. The van der Waals surface area contributed by atoms with Gasteiger partial charge in [0.1, 0.15) is 5.69 Å². The summed E-state index contributed by atoms with van der Waals surface area (Å²) < 4.78 is 1.22. The Morgan fingerprint density at radius 1 is 1.00 bits per heavy atom. The van der Waals surface area contributed by atoms with Crippen LogP contribution in [0, 0.1) is 13.8 Å². The standard InChI is InChI=1S/C19H17N3O2/c1-13-8-9-16(14(2)12-13)20-19(24)17-10-11-18(23)22(21-17)15-6-4-3-5-7-15/h3-12H,1-2H3,(H,20,24). The number of hydrogen-bond acceptors (Lipinski definition) is 3. The summed E-state index contributed by atoms with van der Waals surface area (Å²) >= 11 is 0. The van der Waals surface area contributed by atoms with Crippen LogP contribution in [0.4, 0.5) is 5.69 Å². The molecule has 0 aliphatic carbocycles. The summed E-state index contributed by atoms with van der Waals surface area (Å²) in [5.74, 6) is -0.355. The van der Waals surface area contributed by atoms with E-state index in [-0.39, 0.29) is 17.2 Å². The van der Waals surface area contributed by atoms with E-state index in [1.54, 1.807) is 12.1 Å².